The van der Waals surface area contributed by atoms with Gasteiger partial charge in [-0.1, -0.05) is 55.4 Å². The summed E-state index contributed by atoms with van der Waals surface area (Å²) < 4.78 is 5.15. The van der Waals surface area contributed by atoms with Crippen LogP contribution >= 0.6 is 11.8 Å². The van der Waals surface area contributed by atoms with Gasteiger partial charge in [-0.3, -0.25) is 9.69 Å². The van der Waals surface area contributed by atoms with Gasteiger partial charge in [0.15, 0.2) is 5.17 Å². The normalized spacial score (nSPS) is 18.6. The number of hydrogen-bond acceptors (Lipinski definition) is 5. The van der Waals surface area contributed by atoms with Crippen LogP contribution in [0.3, 0.4) is 0 Å². The molecule has 1 fully saturated rings. The summed E-state index contributed by atoms with van der Waals surface area (Å²) in [6, 6.07) is 17.5. The molecule has 27 heavy (non-hydrogen) atoms. The monoisotopic (exact) mass is 381 g/mol. The van der Waals surface area contributed by atoms with Crippen molar-refractivity contribution in [3.8, 4) is 5.75 Å². The molecule has 3 rings (SSSR count). The smallest absolute Gasteiger partial charge is 0.242 e. The maximum absolute atomic E-state index is 12.8. The van der Waals surface area contributed by atoms with Gasteiger partial charge in [-0.15, -0.1) is 5.10 Å². The van der Waals surface area contributed by atoms with Crippen LogP contribution in [0.4, 0.5) is 0 Å². The summed E-state index contributed by atoms with van der Waals surface area (Å²) in [5.74, 6) is 0.913. The van der Waals surface area contributed by atoms with Crippen molar-refractivity contribution in [1.82, 2.24) is 4.90 Å². The summed E-state index contributed by atoms with van der Waals surface area (Å²) in [4.78, 5) is 14.5. The Kier molecular flexibility index (Phi) is 6.65. The number of methoxy groups -OCH3 is 1. The minimum Gasteiger partial charge on any atom is -0.497 e. The molecule has 6 heteroatoms. The zero-order chi connectivity index (χ0) is 19.1. The quantitative estimate of drug-likeness (QED) is 0.530. The van der Waals surface area contributed by atoms with E-state index in [2.05, 4.69) is 17.1 Å². The van der Waals surface area contributed by atoms with E-state index in [4.69, 9.17) is 4.74 Å². The van der Waals surface area contributed by atoms with Crippen LogP contribution in [-0.4, -0.2) is 34.5 Å². The molecule has 5 nitrogen and oxygen atoms in total. The summed E-state index contributed by atoms with van der Waals surface area (Å²) in [6.07, 6.45) is 3.49. The second kappa shape index (κ2) is 9.37. The molecule has 0 bridgehead atoms. The summed E-state index contributed by atoms with van der Waals surface area (Å²) in [6.45, 7) is 2.61. The van der Waals surface area contributed by atoms with Crippen LogP contribution in [0.15, 0.2) is 64.8 Å². The van der Waals surface area contributed by atoms with E-state index in [0.717, 1.165) is 29.7 Å². The predicted molar refractivity (Wildman–Crippen MR) is 111 cm³/mol. The number of amides is 1. The van der Waals surface area contributed by atoms with Crippen LogP contribution in [-0.2, 0) is 11.3 Å². The molecule has 1 saturated heterocycles. The van der Waals surface area contributed by atoms with Crippen molar-refractivity contribution < 1.29 is 9.53 Å². The van der Waals surface area contributed by atoms with Gasteiger partial charge in [-0.25, -0.2) is 0 Å². The van der Waals surface area contributed by atoms with Gasteiger partial charge in [0.2, 0.25) is 5.91 Å². The van der Waals surface area contributed by atoms with Crippen LogP contribution in [0.1, 0.15) is 30.9 Å². The fraction of sp³-hybridized carbons (Fsp3) is 0.286. The van der Waals surface area contributed by atoms with E-state index in [0.29, 0.717) is 11.7 Å². The number of hydrogen-bond donors (Lipinski definition) is 0. The van der Waals surface area contributed by atoms with Gasteiger partial charge < -0.3 is 4.74 Å². The molecule has 1 heterocycles. The zero-order valence-corrected chi connectivity index (χ0v) is 16.4. The van der Waals surface area contributed by atoms with E-state index in [1.807, 2.05) is 54.6 Å². The van der Waals surface area contributed by atoms with Crippen molar-refractivity contribution in [1.29, 1.82) is 0 Å². The lowest BCUT2D eigenvalue weighted by molar-refractivity contribution is -0.126. The Morgan fingerprint density at radius 1 is 1.15 bits per heavy atom. The fourth-order valence-corrected chi connectivity index (χ4v) is 3.99. The number of benzene rings is 2. The molecule has 0 radical (unpaired) electrons. The van der Waals surface area contributed by atoms with Crippen LogP contribution in [0.5, 0.6) is 5.75 Å². The highest BCUT2D eigenvalue weighted by Gasteiger charge is 2.37. The Balaban J connectivity index is 1.77. The molecule has 140 valence electrons. The Morgan fingerprint density at radius 2 is 1.89 bits per heavy atom. The van der Waals surface area contributed by atoms with E-state index in [1.54, 1.807) is 18.2 Å². The first-order valence-electron chi connectivity index (χ1n) is 8.98. The third-order valence-corrected chi connectivity index (χ3v) is 5.46. The number of carbonyl (C=O) groups excluding carboxylic acids is 1. The first-order valence-corrected chi connectivity index (χ1v) is 9.86. The first kappa shape index (κ1) is 19.2. The SMILES string of the molecule is CCCC1S/C(=N\N=Cc2ccc(OC)cc2)N(Cc2ccccc2)C1=O. The summed E-state index contributed by atoms with van der Waals surface area (Å²) in [5.41, 5.74) is 2.00. The molecule has 0 N–H and O–H groups in total. The fourth-order valence-electron chi connectivity index (χ4n) is 2.78. The maximum atomic E-state index is 12.8. The number of amidine groups is 1. The zero-order valence-electron chi connectivity index (χ0n) is 15.5. The molecule has 2 aromatic rings. The topological polar surface area (TPSA) is 54.3 Å². The van der Waals surface area contributed by atoms with Crippen molar-refractivity contribution in [2.24, 2.45) is 10.2 Å². The summed E-state index contributed by atoms with van der Waals surface area (Å²) in [7, 11) is 1.64. The maximum Gasteiger partial charge on any atom is 0.242 e. The average molecular weight is 382 g/mol. The van der Waals surface area contributed by atoms with Gasteiger partial charge >= 0.3 is 0 Å². The third-order valence-electron chi connectivity index (χ3n) is 4.22. The van der Waals surface area contributed by atoms with Crippen LogP contribution in [0, 0.1) is 0 Å². The van der Waals surface area contributed by atoms with E-state index in [1.165, 1.54) is 11.8 Å². The van der Waals surface area contributed by atoms with Gasteiger partial charge in [-0.2, -0.15) is 5.10 Å². The van der Waals surface area contributed by atoms with Gasteiger partial charge in [-0.05, 0) is 41.8 Å². The Bertz CT molecular complexity index is 819. The van der Waals surface area contributed by atoms with Gasteiger partial charge in [0.05, 0.1) is 25.1 Å². The molecule has 1 amide bonds. The lowest BCUT2D eigenvalue weighted by Crippen LogP contribution is -2.31. The van der Waals surface area contributed by atoms with E-state index < -0.39 is 0 Å². The summed E-state index contributed by atoms with van der Waals surface area (Å²) >= 11 is 1.50. The predicted octanol–water partition coefficient (Wildman–Crippen LogP) is 4.33. The lowest BCUT2D eigenvalue weighted by Gasteiger charge is -2.15. The lowest BCUT2D eigenvalue weighted by atomic mass is 10.2. The van der Waals surface area contributed by atoms with E-state index >= 15 is 0 Å². The Labute approximate surface area is 164 Å². The van der Waals surface area contributed by atoms with Gasteiger partial charge in [0, 0.05) is 0 Å². The largest absolute Gasteiger partial charge is 0.497 e. The number of rotatable bonds is 7. The molecule has 0 saturated carbocycles. The molecule has 1 aliphatic rings. The van der Waals surface area contributed by atoms with Crippen molar-refractivity contribution in [2.75, 3.05) is 7.11 Å². The summed E-state index contributed by atoms with van der Waals surface area (Å²) in [5, 5.41) is 9.14. The van der Waals surface area contributed by atoms with Crippen molar-refractivity contribution in [3.05, 3.63) is 65.7 Å². The first-order chi connectivity index (χ1) is 13.2. The Morgan fingerprint density at radius 3 is 2.56 bits per heavy atom. The van der Waals surface area contributed by atoms with E-state index in [-0.39, 0.29) is 11.2 Å². The molecule has 1 aliphatic heterocycles. The highest BCUT2D eigenvalue weighted by atomic mass is 32.2. The van der Waals surface area contributed by atoms with Crippen molar-refractivity contribution in [2.45, 2.75) is 31.6 Å². The molecule has 2 aromatic carbocycles. The van der Waals surface area contributed by atoms with Crippen LogP contribution in [0.2, 0.25) is 0 Å². The molecule has 0 spiro atoms. The number of ether oxygens (including phenoxy) is 1. The van der Waals surface area contributed by atoms with Crippen LogP contribution < -0.4 is 4.74 Å². The van der Waals surface area contributed by atoms with Gasteiger partial charge in [0.1, 0.15) is 5.75 Å². The number of thioether (sulfide) groups is 1. The van der Waals surface area contributed by atoms with Crippen LogP contribution in [0.25, 0.3) is 0 Å². The molecule has 1 atom stereocenters. The minimum atomic E-state index is -0.0753. The highest BCUT2D eigenvalue weighted by Crippen LogP contribution is 2.31. The second-order valence-corrected chi connectivity index (χ2v) is 7.38. The van der Waals surface area contributed by atoms with Crippen molar-refractivity contribution >= 4 is 29.1 Å². The standard InChI is InChI=1S/C21H23N3O2S/c1-3-7-19-20(25)24(15-17-8-5-4-6-9-17)21(27-19)23-22-14-16-10-12-18(26-2)13-11-16/h4-6,8-14,19H,3,7,15H2,1-2H3/b22-14?,23-21-. The minimum absolute atomic E-state index is 0.0753. The molecule has 0 aliphatic carbocycles. The van der Waals surface area contributed by atoms with Gasteiger partial charge in [0.25, 0.3) is 0 Å². The van der Waals surface area contributed by atoms with Crippen molar-refractivity contribution in [3.63, 3.8) is 0 Å². The average Bonchev–Trinajstić information content (AvgIpc) is 2.99. The molecular formula is C21H23N3O2S. The molecular weight excluding hydrogens is 358 g/mol. The third kappa shape index (κ3) is 4.98. The highest BCUT2D eigenvalue weighted by molar-refractivity contribution is 8.15. The molecule has 1 unspecified atom stereocenters. The Hall–Kier alpha value is -2.60. The number of carbonyl (C=O) groups is 1. The second-order valence-electron chi connectivity index (χ2n) is 6.21. The number of nitrogens with zero attached hydrogens (tertiary/aromatic N) is 3. The van der Waals surface area contributed by atoms with E-state index in [9.17, 15) is 4.79 Å². The molecule has 0 aromatic heterocycles.